The normalized spacial score (nSPS) is 12.3. The predicted octanol–water partition coefficient (Wildman–Crippen LogP) is 1.64. The summed E-state index contributed by atoms with van der Waals surface area (Å²) in [5.74, 6) is 0. The summed E-state index contributed by atoms with van der Waals surface area (Å²) in [5.41, 5.74) is 15.2. The third kappa shape index (κ3) is 2.26. The molecule has 2 rings (SSSR count). The number of hydrogen-bond acceptors (Lipinski definition) is 4. The number of aromatic nitrogens is 3. The van der Waals surface area contributed by atoms with Crippen LogP contribution in [0.3, 0.4) is 0 Å². The van der Waals surface area contributed by atoms with Crippen LogP contribution in [0.2, 0.25) is 0 Å². The smallest absolute Gasteiger partial charge is 0.109 e. The van der Waals surface area contributed by atoms with Crippen LogP contribution in [0.4, 0.5) is 5.69 Å². The van der Waals surface area contributed by atoms with Gasteiger partial charge in [-0.05, 0) is 24.1 Å². The minimum absolute atomic E-state index is 0.0706. The highest BCUT2D eigenvalue weighted by atomic mass is 15.3. The van der Waals surface area contributed by atoms with Crippen molar-refractivity contribution in [2.24, 2.45) is 12.8 Å². The highest BCUT2D eigenvalue weighted by Crippen LogP contribution is 2.25. The topological polar surface area (TPSA) is 82.8 Å². The molecule has 2 heterocycles. The van der Waals surface area contributed by atoms with Gasteiger partial charge in [0.25, 0.3) is 0 Å². The van der Waals surface area contributed by atoms with E-state index in [1.165, 1.54) is 0 Å². The molecule has 0 aliphatic heterocycles. The first-order valence-electron chi connectivity index (χ1n) is 5.73. The van der Waals surface area contributed by atoms with Gasteiger partial charge in [-0.2, -0.15) is 5.10 Å². The Morgan fingerprint density at radius 2 is 2.33 bits per heavy atom. The van der Waals surface area contributed by atoms with Crippen molar-refractivity contribution in [3.8, 4) is 11.4 Å². The molecule has 0 amide bonds. The fraction of sp³-hybridized carbons (Fsp3) is 0.231. The van der Waals surface area contributed by atoms with Crippen LogP contribution in [0.5, 0.6) is 0 Å². The molecule has 0 spiro atoms. The van der Waals surface area contributed by atoms with E-state index in [9.17, 15) is 0 Å². The predicted molar refractivity (Wildman–Crippen MR) is 72.6 cm³/mol. The molecule has 0 aliphatic carbocycles. The van der Waals surface area contributed by atoms with E-state index in [-0.39, 0.29) is 6.04 Å². The van der Waals surface area contributed by atoms with Gasteiger partial charge in [0.15, 0.2) is 0 Å². The Kier molecular flexibility index (Phi) is 3.43. The molecule has 0 fully saturated rings. The average Bonchev–Trinajstić information content (AvgIpc) is 2.69. The van der Waals surface area contributed by atoms with Gasteiger partial charge in [0.2, 0.25) is 0 Å². The highest BCUT2D eigenvalue weighted by Gasteiger charge is 2.12. The molecule has 5 nitrogen and oxygen atoms in total. The zero-order valence-corrected chi connectivity index (χ0v) is 10.4. The third-order valence-corrected chi connectivity index (χ3v) is 2.84. The standard InChI is InChI=1S/C13H17N5/c1-3-4-10(14)9-5-6-16-12(7-9)13-11(15)8-17-18(13)2/h3,5-8,10H,1,4,14-15H2,2H3/t10-/m0/s1. The summed E-state index contributed by atoms with van der Waals surface area (Å²) in [6, 6.07) is 3.78. The summed E-state index contributed by atoms with van der Waals surface area (Å²) in [5, 5.41) is 4.11. The number of rotatable bonds is 4. The van der Waals surface area contributed by atoms with Gasteiger partial charge in [-0.15, -0.1) is 6.58 Å². The van der Waals surface area contributed by atoms with E-state index < -0.39 is 0 Å². The van der Waals surface area contributed by atoms with E-state index in [2.05, 4.69) is 16.7 Å². The molecule has 5 heteroatoms. The summed E-state index contributed by atoms with van der Waals surface area (Å²) in [6.45, 7) is 3.70. The first kappa shape index (κ1) is 12.3. The summed E-state index contributed by atoms with van der Waals surface area (Å²) in [6.07, 6.45) is 5.89. The molecule has 0 saturated carbocycles. The molecule has 0 bridgehead atoms. The van der Waals surface area contributed by atoms with Crippen molar-refractivity contribution in [3.05, 3.63) is 42.7 Å². The Labute approximate surface area is 106 Å². The number of anilines is 1. The van der Waals surface area contributed by atoms with Crippen LogP contribution >= 0.6 is 0 Å². The molecule has 2 aromatic rings. The summed E-state index contributed by atoms with van der Waals surface area (Å²) in [7, 11) is 1.84. The Bertz CT molecular complexity index is 539. The van der Waals surface area contributed by atoms with Crippen LogP contribution in [-0.4, -0.2) is 14.8 Å². The third-order valence-electron chi connectivity index (χ3n) is 2.84. The van der Waals surface area contributed by atoms with E-state index >= 15 is 0 Å². The van der Waals surface area contributed by atoms with Crippen LogP contribution in [0.25, 0.3) is 11.4 Å². The first-order chi connectivity index (χ1) is 8.63. The van der Waals surface area contributed by atoms with Gasteiger partial charge in [0.1, 0.15) is 5.69 Å². The van der Waals surface area contributed by atoms with Gasteiger partial charge in [0.05, 0.1) is 17.6 Å². The number of nitrogen functional groups attached to an aromatic ring is 1. The second-order valence-electron chi connectivity index (χ2n) is 4.18. The van der Waals surface area contributed by atoms with E-state index in [4.69, 9.17) is 11.5 Å². The van der Waals surface area contributed by atoms with Crippen molar-refractivity contribution in [1.82, 2.24) is 14.8 Å². The average molecular weight is 243 g/mol. The fourth-order valence-corrected chi connectivity index (χ4v) is 1.89. The Balaban J connectivity index is 2.41. The van der Waals surface area contributed by atoms with Crippen LogP contribution < -0.4 is 11.5 Å². The molecule has 4 N–H and O–H groups in total. The largest absolute Gasteiger partial charge is 0.396 e. The van der Waals surface area contributed by atoms with Gasteiger partial charge < -0.3 is 11.5 Å². The summed E-state index contributed by atoms with van der Waals surface area (Å²) in [4.78, 5) is 4.32. The van der Waals surface area contributed by atoms with Crippen molar-refractivity contribution < 1.29 is 0 Å². The number of nitrogens with two attached hydrogens (primary N) is 2. The second-order valence-corrected chi connectivity index (χ2v) is 4.18. The quantitative estimate of drug-likeness (QED) is 0.800. The SMILES string of the molecule is C=CC[C@H](N)c1ccnc(-c2c(N)cnn2C)c1. The lowest BCUT2D eigenvalue weighted by Gasteiger charge is -2.11. The van der Waals surface area contributed by atoms with Crippen molar-refractivity contribution >= 4 is 5.69 Å². The molecule has 2 aromatic heterocycles. The summed E-state index contributed by atoms with van der Waals surface area (Å²) < 4.78 is 1.71. The molecule has 0 saturated heterocycles. The van der Waals surface area contributed by atoms with E-state index in [0.29, 0.717) is 5.69 Å². The Morgan fingerprint density at radius 3 is 2.94 bits per heavy atom. The lowest BCUT2D eigenvalue weighted by molar-refractivity contribution is 0.738. The van der Waals surface area contributed by atoms with Gasteiger partial charge in [0, 0.05) is 19.3 Å². The molecular formula is C13H17N5. The van der Waals surface area contributed by atoms with Gasteiger partial charge in [-0.3, -0.25) is 9.67 Å². The Hall–Kier alpha value is -2.14. The van der Waals surface area contributed by atoms with E-state index in [1.54, 1.807) is 17.1 Å². The Morgan fingerprint density at radius 1 is 1.56 bits per heavy atom. The molecule has 18 heavy (non-hydrogen) atoms. The highest BCUT2D eigenvalue weighted by molar-refractivity contribution is 5.69. The van der Waals surface area contributed by atoms with Crippen molar-refractivity contribution in [1.29, 1.82) is 0 Å². The van der Waals surface area contributed by atoms with Crippen molar-refractivity contribution in [2.45, 2.75) is 12.5 Å². The fourth-order valence-electron chi connectivity index (χ4n) is 1.89. The molecule has 0 aromatic carbocycles. The zero-order chi connectivity index (χ0) is 13.1. The van der Waals surface area contributed by atoms with E-state index in [1.807, 2.05) is 25.3 Å². The maximum Gasteiger partial charge on any atom is 0.109 e. The van der Waals surface area contributed by atoms with Crippen LogP contribution in [0.1, 0.15) is 18.0 Å². The lowest BCUT2D eigenvalue weighted by Crippen LogP contribution is -2.09. The maximum atomic E-state index is 6.05. The minimum Gasteiger partial charge on any atom is -0.396 e. The number of hydrogen-bond donors (Lipinski definition) is 2. The monoisotopic (exact) mass is 243 g/mol. The molecule has 0 radical (unpaired) electrons. The number of pyridine rings is 1. The number of aryl methyl sites for hydroxylation is 1. The molecule has 1 atom stereocenters. The zero-order valence-electron chi connectivity index (χ0n) is 10.4. The molecule has 0 aliphatic rings. The molecule has 94 valence electrons. The van der Waals surface area contributed by atoms with Crippen LogP contribution in [-0.2, 0) is 7.05 Å². The van der Waals surface area contributed by atoms with Crippen molar-refractivity contribution in [2.75, 3.05) is 5.73 Å². The second kappa shape index (κ2) is 5.01. The van der Waals surface area contributed by atoms with Gasteiger partial charge >= 0.3 is 0 Å². The molecular weight excluding hydrogens is 226 g/mol. The lowest BCUT2D eigenvalue weighted by atomic mass is 10.0. The van der Waals surface area contributed by atoms with Gasteiger partial charge in [-0.1, -0.05) is 6.08 Å². The maximum absolute atomic E-state index is 6.05. The van der Waals surface area contributed by atoms with E-state index in [0.717, 1.165) is 23.4 Å². The first-order valence-corrected chi connectivity index (χ1v) is 5.73. The van der Waals surface area contributed by atoms with Crippen LogP contribution in [0, 0.1) is 0 Å². The van der Waals surface area contributed by atoms with Crippen LogP contribution in [0.15, 0.2) is 37.2 Å². The molecule has 0 unspecified atom stereocenters. The minimum atomic E-state index is -0.0706. The van der Waals surface area contributed by atoms with Crippen molar-refractivity contribution in [3.63, 3.8) is 0 Å². The summed E-state index contributed by atoms with van der Waals surface area (Å²) >= 11 is 0. The van der Waals surface area contributed by atoms with Gasteiger partial charge in [-0.25, -0.2) is 0 Å². The number of nitrogens with zero attached hydrogens (tertiary/aromatic N) is 3.